The number of halogens is 2. The number of hydrogen-bond donors (Lipinski definition) is 1. The van der Waals surface area contributed by atoms with Crippen molar-refractivity contribution in [3.63, 3.8) is 0 Å². The Balaban J connectivity index is 1.83. The molecule has 1 unspecified atom stereocenters. The van der Waals surface area contributed by atoms with Gasteiger partial charge in [0.15, 0.2) is 0 Å². The fraction of sp³-hybridized carbons (Fsp3) is 0.562. The second-order valence-electron chi connectivity index (χ2n) is 6.25. The molecule has 0 aromatic heterocycles. The van der Waals surface area contributed by atoms with Gasteiger partial charge in [-0.25, -0.2) is 4.39 Å². The summed E-state index contributed by atoms with van der Waals surface area (Å²) >= 11 is 5.69. The van der Waals surface area contributed by atoms with E-state index < -0.39 is 17.8 Å². The lowest BCUT2D eigenvalue weighted by atomic mass is 9.79. The van der Waals surface area contributed by atoms with Crippen LogP contribution in [0.3, 0.4) is 0 Å². The molecule has 2 aliphatic heterocycles. The van der Waals surface area contributed by atoms with Crippen LogP contribution in [0.2, 0.25) is 5.02 Å². The number of rotatable bonds is 3. The molecule has 1 aromatic carbocycles. The lowest BCUT2D eigenvalue weighted by Crippen LogP contribution is -2.37. The topological polar surface area (TPSA) is 49.8 Å². The average molecular weight is 328 g/mol. The quantitative estimate of drug-likeness (QED) is 0.926. The summed E-state index contributed by atoms with van der Waals surface area (Å²) in [5.41, 5.74) is 0.593. The van der Waals surface area contributed by atoms with Crippen LogP contribution in [0.4, 0.5) is 4.39 Å². The van der Waals surface area contributed by atoms with Gasteiger partial charge in [0.1, 0.15) is 11.9 Å². The zero-order valence-corrected chi connectivity index (χ0v) is 13.0. The molecule has 1 spiro atoms. The molecule has 2 heterocycles. The van der Waals surface area contributed by atoms with Gasteiger partial charge in [0.05, 0.1) is 5.02 Å². The SMILES string of the molecule is O=C(O)C(c1ccc(Cl)c(F)c1)N1CCC2(CCOCC2)C1. The van der Waals surface area contributed by atoms with E-state index >= 15 is 0 Å². The van der Waals surface area contributed by atoms with Crippen molar-refractivity contribution in [1.82, 2.24) is 4.90 Å². The predicted molar refractivity (Wildman–Crippen MR) is 80.5 cm³/mol. The van der Waals surface area contributed by atoms with Crippen LogP contribution in [0, 0.1) is 11.2 Å². The Morgan fingerprint density at radius 2 is 2.09 bits per heavy atom. The zero-order chi connectivity index (χ0) is 15.7. The summed E-state index contributed by atoms with van der Waals surface area (Å²) in [4.78, 5) is 13.7. The van der Waals surface area contributed by atoms with Crippen molar-refractivity contribution in [3.8, 4) is 0 Å². The summed E-state index contributed by atoms with van der Waals surface area (Å²) < 4.78 is 19.1. The fourth-order valence-electron chi connectivity index (χ4n) is 3.59. The van der Waals surface area contributed by atoms with Gasteiger partial charge < -0.3 is 9.84 Å². The molecular formula is C16H19ClFNO3. The molecule has 0 bridgehead atoms. The van der Waals surface area contributed by atoms with Crippen molar-refractivity contribution in [1.29, 1.82) is 0 Å². The summed E-state index contributed by atoms with van der Waals surface area (Å²) in [5.74, 6) is -1.53. The molecule has 0 aliphatic carbocycles. The number of carboxylic acids is 1. The van der Waals surface area contributed by atoms with Crippen LogP contribution >= 0.6 is 11.6 Å². The van der Waals surface area contributed by atoms with E-state index in [0.29, 0.717) is 12.1 Å². The number of carboxylic acid groups (broad SMARTS) is 1. The third-order valence-corrected chi connectivity index (χ3v) is 5.19. The third-order valence-electron chi connectivity index (χ3n) is 4.88. The first-order valence-electron chi connectivity index (χ1n) is 7.50. The highest BCUT2D eigenvalue weighted by molar-refractivity contribution is 6.30. The Kier molecular flexibility index (Phi) is 4.39. The summed E-state index contributed by atoms with van der Waals surface area (Å²) in [7, 11) is 0. The monoisotopic (exact) mass is 327 g/mol. The molecule has 0 saturated carbocycles. The van der Waals surface area contributed by atoms with Crippen LogP contribution < -0.4 is 0 Å². The molecule has 2 saturated heterocycles. The van der Waals surface area contributed by atoms with Crippen LogP contribution in [0.15, 0.2) is 18.2 Å². The van der Waals surface area contributed by atoms with E-state index in [0.717, 1.165) is 39.0 Å². The minimum absolute atomic E-state index is 0.00945. The van der Waals surface area contributed by atoms with E-state index in [9.17, 15) is 14.3 Å². The highest BCUT2D eigenvalue weighted by Gasteiger charge is 2.43. The minimum atomic E-state index is -0.953. The normalized spacial score (nSPS) is 22.8. The molecule has 6 heteroatoms. The minimum Gasteiger partial charge on any atom is -0.480 e. The number of hydrogen-bond acceptors (Lipinski definition) is 3. The molecule has 1 atom stereocenters. The van der Waals surface area contributed by atoms with Crippen molar-refractivity contribution in [2.24, 2.45) is 5.41 Å². The summed E-state index contributed by atoms with van der Waals surface area (Å²) in [6.45, 7) is 2.90. The van der Waals surface area contributed by atoms with Gasteiger partial charge in [-0.05, 0) is 48.9 Å². The Bertz CT molecular complexity index is 575. The number of benzene rings is 1. The Hall–Kier alpha value is -1.17. The van der Waals surface area contributed by atoms with Gasteiger partial charge in [0.2, 0.25) is 0 Å². The number of aliphatic carboxylic acids is 1. The molecule has 120 valence electrons. The van der Waals surface area contributed by atoms with Crippen LogP contribution in [0.1, 0.15) is 30.9 Å². The second kappa shape index (κ2) is 6.14. The lowest BCUT2D eigenvalue weighted by molar-refractivity contribution is -0.143. The van der Waals surface area contributed by atoms with Gasteiger partial charge in [0.25, 0.3) is 0 Å². The molecule has 3 rings (SSSR count). The maximum atomic E-state index is 13.7. The van der Waals surface area contributed by atoms with Crippen molar-refractivity contribution in [2.45, 2.75) is 25.3 Å². The molecule has 1 aromatic rings. The zero-order valence-electron chi connectivity index (χ0n) is 12.2. The van der Waals surface area contributed by atoms with Crippen molar-refractivity contribution < 1.29 is 19.0 Å². The number of likely N-dealkylation sites (tertiary alicyclic amines) is 1. The van der Waals surface area contributed by atoms with Gasteiger partial charge in [-0.15, -0.1) is 0 Å². The van der Waals surface area contributed by atoms with Crippen molar-refractivity contribution >= 4 is 17.6 Å². The lowest BCUT2D eigenvalue weighted by Gasteiger charge is -2.34. The maximum Gasteiger partial charge on any atom is 0.325 e. The third kappa shape index (κ3) is 2.98. The standard InChI is InChI=1S/C16H19ClFNO3/c17-12-2-1-11(9-13(12)18)14(15(20)21)19-6-3-16(10-19)4-7-22-8-5-16/h1-2,9,14H,3-8,10H2,(H,20,21). The van der Waals surface area contributed by atoms with E-state index in [2.05, 4.69) is 0 Å². The summed E-state index contributed by atoms with van der Waals surface area (Å²) in [6.07, 6.45) is 2.89. The first kappa shape index (κ1) is 15.7. The molecule has 1 N–H and O–H groups in total. The van der Waals surface area contributed by atoms with Crippen molar-refractivity contribution in [3.05, 3.63) is 34.6 Å². The average Bonchev–Trinajstić information content (AvgIpc) is 2.86. The molecule has 2 fully saturated rings. The van der Waals surface area contributed by atoms with E-state index in [-0.39, 0.29) is 10.4 Å². The highest BCUT2D eigenvalue weighted by atomic mass is 35.5. The maximum absolute atomic E-state index is 13.7. The largest absolute Gasteiger partial charge is 0.480 e. The van der Waals surface area contributed by atoms with Gasteiger partial charge >= 0.3 is 5.97 Å². The molecule has 4 nitrogen and oxygen atoms in total. The fourth-order valence-corrected chi connectivity index (χ4v) is 3.71. The Labute approximate surface area is 133 Å². The van der Waals surface area contributed by atoms with Crippen LogP contribution in [-0.4, -0.2) is 42.3 Å². The summed E-state index contributed by atoms with van der Waals surface area (Å²) in [6, 6.07) is 3.42. The number of ether oxygens (including phenoxy) is 1. The number of carbonyl (C=O) groups is 1. The van der Waals surface area contributed by atoms with Crippen LogP contribution in [0.25, 0.3) is 0 Å². The summed E-state index contributed by atoms with van der Waals surface area (Å²) in [5, 5.41) is 9.62. The van der Waals surface area contributed by atoms with E-state index in [4.69, 9.17) is 16.3 Å². The highest BCUT2D eigenvalue weighted by Crippen LogP contribution is 2.42. The van der Waals surface area contributed by atoms with Gasteiger partial charge in [0, 0.05) is 19.8 Å². The second-order valence-corrected chi connectivity index (χ2v) is 6.65. The predicted octanol–water partition coefficient (Wildman–Crippen LogP) is 3.11. The first-order chi connectivity index (χ1) is 10.5. The van der Waals surface area contributed by atoms with Crippen LogP contribution in [0.5, 0.6) is 0 Å². The number of nitrogens with zero attached hydrogens (tertiary/aromatic N) is 1. The van der Waals surface area contributed by atoms with E-state index in [1.54, 1.807) is 6.07 Å². The smallest absolute Gasteiger partial charge is 0.325 e. The first-order valence-corrected chi connectivity index (χ1v) is 7.88. The molecule has 2 aliphatic rings. The van der Waals surface area contributed by atoms with E-state index in [1.165, 1.54) is 12.1 Å². The molecule has 0 radical (unpaired) electrons. The molecule has 0 amide bonds. The molecular weight excluding hydrogens is 309 g/mol. The molecule has 22 heavy (non-hydrogen) atoms. The van der Waals surface area contributed by atoms with Crippen molar-refractivity contribution in [2.75, 3.05) is 26.3 Å². The van der Waals surface area contributed by atoms with Gasteiger partial charge in [-0.2, -0.15) is 0 Å². The van der Waals surface area contributed by atoms with Crippen LogP contribution in [-0.2, 0) is 9.53 Å². The van der Waals surface area contributed by atoms with E-state index in [1.807, 2.05) is 4.90 Å². The Morgan fingerprint density at radius 1 is 1.36 bits per heavy atom. The van der Waals surface area contributed by atoms with Gasteiger partial charge in [-0.3, -0.25) is 9.69 Å². The Morgan fingerprint density at radius 3 is 2.73 bits per heavy atom. The van der Waals surface area contributed by atoms with Gasteiger partial charge in [-0.1, -0.05) is 17.7 Å².